The van der Waals surface area contributed by atoms with Gasteiger partial charge in [0.05, 0.1) is 22.0 Å². The van der Waals surface area contributed by atoms with Crippen LogP contribution in [0.2, 0.25) is 5.02 Å². The number of hydrogen-bond donors (Lipinski definition) is 3. The lowest BCUT2D eigenvalue weighted by molar-refractivity contribution is -0.137. The van der Waals surface area contributed by atoms with Crippen LogP contribution in [0.25, 0.3) is 0 Å². The Morgan fingerprint density at radius 3 is 2.43 bits per heavy atom. The number of hydrazone groups is 1. The van der Waals surface area contributed by atoms with Gasteiger partial charge >= 0.3 is 6.18 Å². The maximum Gasteiger partial charge on any atom is 0.416 e. The highest BCUT2D eigenvalue weighted by Gasteiger charge is 2.30. The van der Waals surface area contributed by atoms with E-state index in [1.807, 2.05) is 0 Å². The molecule has 0 bridgehead atoms. The Labute approximate surface area is 134 Å². The van der Waals surface area contributed by atoms with E-state index in [-0.39, 0.29) is 22.2 Å². The molecule has 2 aromatic carbocycles. The lowest BCUT2D eigenvalue weighted by Gasteiger charge is -2.11. The first-order valence-corrected chi connectivity index (χ1v) is 6.75. The van der Waals surface area contributed by atoms with Crippen molar-refractivity contribution in [2.24, 2.45) is 5.10 Å². The van der Waals surface area contributed by atoms with Gasteiger partial charge in [0, 0.05) is 11.6 Å². The zero-order valence-electron chi connectivity index (χ0n) is 11.8. The van der Waals surface area contributed by atoms with Gasteiger partial charge in [-0.1, -0.05) is 11.6 Å². The molecule has 0 unspecified atom stereocenters. The monoisotopic (exact) mass is 344 g/mol. The second kappa shape index (κ2) is 6.37. The van der Waals surface area contributed by atoms with E-state index in [0.717, 1.165) is 24.3 Å². The fourth-order valence-corrected chi connectivity index (χ4v) is 1.98. The number of benzene rings is 2. The van der Waals surface area contributed by atoms with E-state index in [9.17, 15) is 23.4 Å². The molecule has 0 aliphatic carbocycles. The van der Waals surface area contributed by atoms with Gasteiger partial charge in [0.2, 0.25) is 0 Å². The topological polar surface area (TPSA) is 64.9 Å². The van der Waals surface area contributed by atoms with Gasteiger partial charge in [0.1, 0.15) is 11.5 Å². The Bertz CT molecular complexity index is 761. The largest absolute Gasteiger partial charge is 0.508 e. The zero-order valence-corrected chi connectivity index (χ0v) is 12.6. The molecule has 0 radical (unpaired) electrons. The Hall–Kier alpha value is -2.41. The molecule has 0 amide bonds. The van der Waals surface area contributed by atoms with Crippen molar-refractivity contribution in [3.63, 3.8) is 0 Å². The Morgan fingerprint density at radius 2 is 1.83 bits per heavy atom. The molecule has 122 valence electrons. The summed E-state index contributed by atoms with van der Waals surface area (Å²) < 4.78 is 38.1. The second-order valence-electron chi connectivity index (χ2n) is 4.70. The first-order chi connectivity index (χ1) is 10.7. The van der Waals surface area contributed by atoms with Gasteiger partial charge in [-0.2, -0.15) is 18.3 Å². The van der Waals surface area contributed by atoms with Gasteiger partial charge in [-0.15, -0.1) is 0 Å². The van der Waals surface area contributed by atoms with Crippen molar-refractivity contribution in [3.05, 3.63) is 52.5 Å². The first kappa shape index (κ1) is 17.0. The normalized spacial score (nSPS) is 12.3. The number of hydrogen-bond acceptors (Lipinski definition) is 4. The Morgan fingerprint density at radius 1 is 1.13 bits per heavy atom. The Kier molecular flexibility index (Phi) is 4.70. The quantitative estimate of drug-likeness (QED) is 0.563. The van der Waals surface area contributed by atoms with Crippen molar-refractivity contribution in [1.29, 1.82) is 0 Å². The molecule has 3 N–H and O–H groups in total. The van der Waals surface area contributed by atoms with E-state index in [0.29, 0.717) is 11.3 Å². The number of phenolic OH excluding ortho intramolecular Hbond substituents is 2. The van der Waals surface area contributed by atoms with Crippen molar-refractivity contribution in [3.8, 4) is 11.5 Å². The number of alkyl halides is 3. The third-order valence-corrected chi connectivity index (χ3v) is 3.34. The highest BCUT2D eigenvalue weighted by molar-refractivity contribution is 6.33. The highest BCUT2D eigenvalue weighted by Crippen LogP contribution is 2.34. The number of phenols is 2. The SMILES string of the molecule is C/C(=N\Nc1cc(C(F)(F)F)ccc1Cl)c1ccc(O)cc1O. The van der Waals surface area contributed by atoms with Crippen molar-refractivity contribution >= 4 is 23.0 Å². The number of anilines is 1. The molecule has 23 heavy (non-hydrogen) atoms. The lowest BCUT2D eigenvalue weighted by atomic mass is 10.1. The summed E-state index contributed by atoms with van der Waals surface area (Å²) in [6.07, 6.45) is -4.49. The standard InChI is InChI=1S/C15H12ClF3N2O2/c1-8(11-4-3-10(22)7-14(11)23)20-21-13-6-9(15(17,18)19)2-5-12(13)16/h2-7,21-23H,1H3/b20-8+. The minimum atomic E-state index is -4.49. The molecule has 0 saturated heterocycles. The molecule has 0 fully saturated rings. The van der Waals surface area contributed by atoms with Gasteiger partial charge in [-0.05, 0) is 37.3 Å². The van der Waals surface area contributed by atoms with E-state index >= 15 is 0 Å². The molecule has 8 heteroatoms. The van der Waals surface area contributed by atoms with Gasteiger partial charge in [-0.25, -0.2) is 0 Å². The van der Waals surface area contributed by atoms with Crippen LogP contribution in [0.1, 0.15) is 18.1 Å². The lowest BCUT2D eigenvalue weighted by Crippen LogP contribution is -2.06. The fourth-order valence-electron chi connectivity index (χ4n) is 1.82. The van der Waals surface area contributed by atoms with E-state index in [4.69, 9.17) is 11.6 Å². The van der Waals surface area contributed by atoms with Crippen LogP contribution in [0, 0.1) is 0 Å². The third kappa shape index (κ3) is 4.07. The van der Waals surface area contributed by atoms with Crippen molar-refractivity contribution in [1.82, 2.24) is 0 Å². The van der Waals surface area contributed by atoms with Gasteiger partial charge in [0.15, 0.2) is 0 Å². The molecule has 0 spiro atoms. The van der Waals surface area contributed by atoms with Gasteiger partial charge in [0.25, 0.3) is 0 Å². The minimum Gasteiger partial charge on any atom is -0.508 e. The summed E-state index contributed by atoms with van der Waals surface area (Å²) in [5, 5.41) is 22.9. The second-order valence-corrected chi connectivity index (χ2v) is 5.11. The minimum absolute atomic E-state index is 0.0147. The molecule has 2 rings (SSSR count). The number of nitrogens with one attached hydrogen (secondary N) is 1. The highest BCUT2D eigenvalue weighted by atomic mass is 35.5. The number of halogens is 4. The van der Waals surface area contributed by atoms with Crippen LogP contribution in [-0.4, -0.2) is 15.9 Å². The summed E-state index contributed by atoms with van der Waals surface area (Å²) in [4.78, 5) is 0. The fraction of sp³-hybridized carbons (Fsp3) is 0.133. The predicted octanol–water partition coefficient (Wildman–Crippen LogP) is 4.61. The summed E-state index contributed by atoms with van der Waals surface area (Å²) >= 11 is 5.85. The summed E-state index contributed by atoms with van der Waals surface area (Å²) in [5.41, 5.74) is 2.20. The first-order valence-electron chi connectivity index (χ1n) is 6.38. The summed E-state index contributed by atoms with van der Waals surface area (Å²) in [7, 11) is 0. The molecule has 2 aromatic rings. The molecular formula is C15H12ClF3N2O2. The van der Waals surface area contributed by atoms with Gasteiger partial charge in [-0.3, -0.25) is 5.43 Å². The number of aromatic hydroxyl groups is 2. The molecular weight excluding hydrogens is 333 g/mol. The smallest absolute Gasteiger partial charge is 0.416 e. The molecule has 0 aliphatic rings. The van der Waals surface area contributed by atoms with Crippen LogP contribution in [0.4, 0.5) is 18.9 Å². The van der Waals surface area contributed by atoms with Crippen molar-refractivity contribution < 1.29 is 23.4 Å². The summed E-state index contributed by atoms with van der Waals surface area (Å²) in [5.74, 6) is -0.323. The molecule has 4 nitrogen and oxygen atoms in total. The molecule has 0 heterocycles. The van der Waals surface area contributed by atoms with Crippen LogP contribution in [0.15, 0.2) is 41.5 Å². The van der Waals surface area contributed by atoms with E-state index in [1.165, 1.54) is 12.1 Å². The summed E-state index contributed by atoms with van der Waals surface area (Å²) in [6, 6.07) is 6.75. The Balaban J connectivity index is 2.28. The number of nitrogens with zero attached hydrogens (tertiary/aromatic N) is 1. The molecule has 0 aliphatic heterocycles. The number of rotatable bonds is 3. The average Bonchev–Trinajstić information content (AvgIpc) is 2.44. The summed E-state index contributed by atoms with van der Waals surface area (Å²) in [6.45, 7) is 1.54. The van der Waals surface area contributed by atoms with Crippen molar-refractivity contribution in [2.75, 3.05) is 5.43 Å². The predicted molar refractivity (Wildman–Crippen MR) is 82.1 cm³/mol. The molecule has 0 atom stereocenters. The third-order valence-electron chi connectivity index (χ3n) is 3.01. The van der Waals surface area contributed by atoms with E-state index in [1.54, 1.807) is 6.92 Å². The van der Waals surface area contributed by atoms with E-state index < -0.39 is 11.7 Å². The van der Waals surface area contributed by atoms with Crippen molar-refractivity contribution in [2.45, 2.75) is 13.1 Å². The van der Waals surface area contributed by atoms with Crippen LogP contribution in [0.3, 0.4) is 0 Å². The zero-order chi connectivity index (χ0) is 17.2. The van der Waals surface area contributed by atoms with E-state index in [2.05, 4.69) is 10.5 Å². The molecule has 0 aromatic heterocycles. The van der Waals surface area contributed by atoms with Crippen LogP contribution >= 0.6 is 11.6 Å². The van der Waals surface area contributed by atoms with Crippen LogP contribution in [0.5, 0.6) is 11.5 Å². The van der Waals surface area contributed by atoms with Crippen LogP contribution < -0.4 is 5.43 Å². The average molecular weight is 345 g/mol. The maximum absolute atomic E-state index is 12.7. The maximum atomic E-state index is 12.7. The van der Waals surface area contributed by atoms with Crippen LogP contribution in [-0.2, 0) is 6.18 Å². The molecule has 0 saturated carbocycles. The van der Waals surface area contributed by atoms with Gasteiger partial charge < -0.3 is 10.2 Å².